The first kappa shape index (κ1) is 16.4. The van der Waals surface area contributed by atoms with Gasteiger partial charge in [-0.3, -0.25) is 14.6 Å². The van der Waals surface area contributed by atoms with Crippen molar-refractivity contribution in [2.24, 2.45) is 0 Å². The number of carbonyl (C=O) groups excluding carboxylic acids is 1. The molecule has 1 saturated heterocycles. The minimum absolute atomic E-state index is 0.175. The molecule has 24 heavy (non-hydrogen) atoms. The summed E-state index contributed by atoms with van der Waals surface area (Å²) in [7, 11) is 0. The fourth-order valence-electron chi connectivity index (χ4n) is 3.18. The molecule has 6 nitrogen and oxygen atoms in total. The van der Waals surface area contributed by atoms with Crippen molar-refractivity contribution in [3.63, 3.8) is 0 Å². The molecule has 0 saturated carbocycles. The maximum absolute atomic E-state index is 12.9. The predicted molar refractivity (Wildman–Crippen MR) is 91.3 cm³/mol. The molecular weight excluding hydrogens is 306 g/mol. The van der Waals surface area contributed by atoms with Gasteiger partial charge in [0, 0.05) is 23.7 Å². The number of carboxylic acid groups (broad SMARTS) is 1. The third kappa shape index (κ3) is 2.97. The molecule has 1 amide bonds. The van der Waals surface area contributed by atoms with Crippen LogP contribution < -0.4 is 10.6 Å². The molecule has 2 aromatic rings. The van der Waals surface area contributed by atoms with Gasteiger partial charge in [0.15, 0.2) is 0 Å². The van der Waals surface area contributed by atoms with Gasteiger partial charge in [0.2, 0.25) is 0 Å². The van der Waals surface area contributed by atoms with E-state index in [1.807, 2.05) is 39.0 Å². The van der Waals surface area contributed by atoms with Gasteiger partial charge in [0.25, 0.3) is 5.91 Å². The van der Waals surface area contributed by atoms with Crippen LogP contribution in [0.5, 0.6) is 0 Å². The maximum atomic E-state index is 12.9. The fraction of sp³-hybridized carbons (Fsp3) is 0.389. The smallest absolute Gasteiger partial charge is 0.320 e. The molecule has 0 unspecified atom stereocenters. The highest BCUT2D eigenvalue weighted by Gasteiger charge is 2.30. The zero-order valence-corrected chi connectivity index (χ0v) is 14.0. The van der Waals surface area contributed by atoms with Gasteiger partial charge in [-0.05, 0) is 44.9 Å². The molecule has 1 aromatic heterocycles. The summed E-state index contributed by atoms with van der Waals surface area (Å²) in [6, 6.07) is 5.08. The van der Waals surface area contributed by atoms with Gasteiger partial charge < -0.3 is 15.7 Å². The van der Waals surface area contributed by atoms with Crippen molar-refractivity contribution in [3.05, 3.63) is 40.6 Å². The van der Waals surface area contributed by atoms with Crippen LogP contribution in [0.4, 0.5) is 0 Å². The summed E-state index contributed by atoms with van der Waals surface area (Å²) in [5.41, 5.74) is 4.16. The van der Waals surface area contributed by atoms with Crippen molar-refractivity contribution in [1.29, 1.82) is 0 Å². The average Bonchev–Trinajstić information content (AvgIpc) is 2.97. The Hall–Kier alpha value is -2.47. The van der Waals surface area contributed by atoms with E-state index < -0.39 is 12.0 Å². The lowest BCUT2D eigenvalue weighted by Gasteiger charge is -2.16. The Morgan fingerprint density at radius 2 is 2.04 bits per heavy atom. The van der Waals surface area contributed by atoms with Gasteiger partial charge in [-0.2, -0.15) is 0 Å². The number of aryl methyl sites for hydroxylation is 2. The van der Waals surface area contributed by atoms with Gasteiger partial charge in [0.1, 0.15) is 6.04 Å². The number of rotatable bonds is 3. The molecule has 0 bridgehead atoms. The molecule has 0 radical (unpaired) electrons. The van der Waals surface area contributed by atoms with Crippen molar-refractivity contribution in [2.45, 2.75) is 39.3 Å². The van der Waals surface area contributed by atoms with Crippen LogP contribution in [0.25, 0.3) is 10.9 Å². The summed E-state index contributed by atoms with van der Waals surface area (Å²) in [6.07, 6.45) is 0.390. The Morgan fingerprint density at radius 3 is 2.71 bits per heavy atom. The van der Waals surface area contributed by atoms with Crippen LogP contribution in [-0.4, -0.2) is 40.6 Å². The van der Waals surface area contributed by atoms with Crippen molar-refractivity contribution < 1.29 is 14.7 Å². The van der Waals surface area contributed by atoms with Crippen LogP contribution in [0, 0.1) is 20.8 Å². The number of fused-ring (bicyclic) bond motifs is 1. The number of amides is 1. The molecule has 1 fully saturated rings. The standard InChI is InChI=1S/C18H21N3O3/c1-9-4-5-14-13(6-9)16(10(2)11(3)20-14)17(22)21-12-7-15(18(23)24)19-8-12/h4-6,12,15,19H,7-8H2,1-3H3,(H,21,22)(H,23,24)/t12-,15+/m1/s1. The van der Waals surface area contributed by atoms with Crippen LogP contribution >= 0.6 is 0 Å². The number of aromatic nitrogens is 1. The van der Waals surface area contributed by atoms with Gasteiger partial charge in [-0.1, -0.05) is 11.6 Å². The topological polar surface area (TPSA) is 91.3 Å². The second-order valence-corrected chi connectivity index (χ2v) is 6.42. The van der Waals surface area contributed by atoms with Crippen molar-refractivity contribution in [3.8, 4) is 0 Å². The predicted octanol–water partition coefficient (Wildman–Crippen LogP) is 1.70. The lowest BCUT2D eigenvalue weighted by atomic mass is 9.99. The van der Waals surface area contributed by atoms with Gasteiger partial charge >= 0.3 is 5.97 Å². The van der Waals surface area contributed by atoms with E-state index in [2.05, 4.69) is 15.6 Å². The van der Waals surface area contributed by atoms with Gasteiger partial charge in [-0.25, -0.2) is 0 Å². The first-order valence-corrected chi connectivity index (χ1v) is 8.01. The Labute approximate surface area is 140 Å². The SMILES string of the molecule is Cc1ccc2nc(C)c(C)c(C(=O)N[C@H]3CN[C@H](C(=O)O)C3)c2c1. The third-order valence-corrected chi connectivity index (χ3v) is 4.62. The van der Waals surface area contributed by atoms with Gasteiger partial charge in [-0.15, -0.1) is 0 Å². The second kappa shape index (κ2) is 6.20. The summed E-state index contributed by atoms with van der Waals surface area (Å²) in [5.74, 6) is -1.06. The Balaban J connectivity index is 1.93. The summed E-state index contributed by atoms with van der Waals surface area (Å²) < 4.78 is 0. The lowest BCUT2D eigenvalue weighted by Crippen LogP contribution is -2.36. The van der Waals surface area contributed by atoms with E-state index in [4.69, 9.17) is 5.11 Å². The number of carboxylic acids is 1. The number of pyridine rings is 1. The van der Waals surface area contributed by atoms with E-state index in [1.54, 1.807) is 0 Å². The molecule has 126 valence electrons. The van der Waals surface area contributed by atoms with E-state index in [9.17, 15) is 9.59 Å². The minimum Gasteiger partial charge on any atom is -0.480 e. The minimum atomic E-state index is -0.885. The molecule has 1 aliphatic rings. The molecule has 1 aromatic carbocycles. The summed E-state index contributed by atoms with van der Waals surface area (Å²) >= 11 is 0. The zero-order valence-electron chi connectivity index (χ0n) is 14.0. The Bertz CT molecular complexity index is 832. The normalized spacial score (nSPS) is 20.3. The third-order valence-electron chi connectivity index (χ3n) is 4.62. The highest BCUT2D eigenvalue weighted by Crippen LogP contribution is 2.24. The average molecular weight is 327 g/mol. The number of nitrogens with zero attached hydrogens (tertiary/aromatic N) is 1. The number of aliphatic carboxylic acids is 1. The van der Waals surface area contributed by atoms with E-state index in [0.29, 0.717) is 18.5 Å². The molecule has 0 spiro atoms. The maximum Gasteiger partial charge on any atom is 0.320 e. The molecule has 0 aliphatic carbocycles. The monoisotopic (exact) mass is 327 g/mol. The van der Waals surface area contributed by atoms with Crippen LogP contribution in [0.15, 0.2) is 18.2 Å². The van der Waals surface area contributed by atoms with Crippen molar-refractivity contribution >= 4 is 22.8 Å². The number of nitrogens with one attached hydrogen (secondary N) is 2. The first-order chi connectivity index (χ1) is 11.4. The summed E-state index contributed by atoms with van der Waals surface area (Å²) in [4.78, 5) is 28.4. The summed E-state index contributed by atoms with van der Waals surface area (Å²) in [6.45, 7) is 6.23. The number of hydrogen-bond donors (Lipinski definition) is 3. The fourth-order valence-corrected chi connectivity index (χ4v) is 3.18. The van der Waals surface area contributed by atoms with Crippen molar-refractivity contribution in [1.82, 2.24) is 15.6 Å². The summed E-state index contributed by atoms with van der Waals surface area (Å²) in [5, 5.41) is 15.8. The highest BCUT2D eigenvalue weighted by atomic mass is 16.4. The highest BCUT2D eigenvalue weighted by molar-refractivity contribution is 6.07. The molecular formula is C18H21N3O3. The molecule has 2 atom stereocenters. The molecule has 3 N–H and O–H groups in total. The van der Waals surface area contributed by atoms with Gasteiger partial charge in [0.05, 0.1) is 11.1 Å². The van der Waals surface area contributed by atoms with Crippen LogP contribution in [-0.2, 0) is 4.79 Å². The molecule has 6 heteroatoms. The first-order valence-electron chi connectivity index (χ1n) is 8.01. The van der Waals surface area contributed by atoms with E-state index in [1.165, 1.54) is 0 Å². The Morgan fingerprint density at radius 1 is 1.29 bits per heavy atom. The number of hydrogen-bond acceptors (Lipinski definition) is 4. The lowest BCUT2D eigenvalue weighted by molar-refractivity contribution is -0.139. The number of carbonyl (C=O) groups is 2. The Kier molecular flexibility index (Phi) is 4.24. The quantitative estimate of drug-likeness (QED) is 0.798. The van der Waals surface area contributed by atoms with E-state index in [0.717, 1.165) is 27.7 Å². The zero-order chi connectivity index (χ0) is 17.4. The van der Waals surface area contributed by atoms with Crippen molar-refractivity contribution in [2.75, 3.05) is 6.54 Å². The second-order valence-electron chi connectivity index (χ2n) is 6.42. The molecule has 3 rings (SSSR count). The van der Waals surface area contributed by atoms with E-state index in [-0.39, 0.29) is 11.9 Å². The molecule has 1 aliphatic heterocycles. The number of benzene rings is 1. The molecule has 2 heterocycles. The van der Waals surface area contributed by atoms with Crippen LogP contribution in [0.3, 0.4) is 0 Å². The van der Waals surface area contributed by atoms with E-state index >= 15 is 0 Å². The van der Waals surface area contributed by atoms with Crippen LogP contribution in [0.1, 0.15) is 33.6 Å². The van der Waals surface area contributed by atoms with Crippen LogP contribution in [0.2, 0.25) is 0 Å². The largest absolute Gasteiger partial charge is 0.480 e.